The van der Waals surface area contributed by atoms with Crippen LogP contribution >= 0.6 is 7.75 Å². The molecule has 0 unspecified atom stereocenters. The summed E-state index contributed by atoms with van der Waals surface area (Å²) in [5.41, 5.74) is -0.473. The van der Waals surface area contributed by atoms with Gasteiger partial charge in [0.2, 0.25) is 5.82 Å². The Morgan fingerprint density at radius 1 is 1.30 bits per heavy atom. The molecule has 3 rings (SSSR count). The number of aromatic amines is 1. The molecule has 0 amide bonds. The molecule has 2 aromatic rings. The van der Waals surface area contributed by atoms with Gasteiger partial charge in [0.15, 0.2) is 0 Å². The van der Waals surface area contributed by atoms with Crippen molar-refractivity contribution in [2.75, 3.05) is 6.61 Å². The molecule has 1 fully saturated rings. The van der Waals surface area contributed by atoms with Crippen molar-refractivity contribution in [3.63, 3.8) is 0 Å². The standard InChI is InChI=1S/C23H31FN3O9P/c1-13(2)35-22(30)15(4)26-37(32,33-11-16-8-6-5-7-14(16)3)34-12-19-18(28)9-20(36-19)27-10-17(24)21(29)25-23(27)31/h5-8,10,13,15,18-20,28H,9,11-12H2,1-4H3,(H,26,32)(H,25,29,31)/t15-,18-,19+,20+,37-/m0/s1. The monoisotopic (exact) mass is 543 g/mol. The van der Waals surface area contributed by atoms with Crippen molar-refractivity contribution in [1.82, 2.24) is 14.6 Å². The molecule has 0 aliphatic carbocycles. The van der Waals surface area contributed by atoms with Gasteiger partial charge in [0, 0.05) is 6.42 Å². The summed E-state index contributed by atoms with van der Waals surface area (Å²) >= 11 is 0. The highest BCUT2D eigenvalue weighted by atomic mass is 31.2. The molecule has 1 aromatic heterocycles. The van der Waals surface area contributed by atoms with Crippen LogP contribution in [0, 0.1) is 12.7 Å². The first-order valence-corrected chi connectivity index (χ1v) is 13.2. The number of hydrogen-bond acceptors (Lipinski definition) is 9. The fraction of sp³-hybridized carbons (Fsp3) is 0.522. The molecule has 0 bridgehead atoms. The number of aliphatic hydroxyl groups excluding tert-OH is 1. The van der Waals surface area contributed by atoms with E-state index in [0.29, 0.717) is 6.20 Å². The summed E-state index contributed by atoms with van der Waals surface area (Å²) < 4.78 is 50.0. The van der Waals surface area contributed by atoms with E-state index in [1.807, 2.05) is 24.0 Å². The number of aryl methyl sites for hydroxylation is 1. The summed E-state index contributed by atoms with van der Waals surface area (Å²) in [7, 11) is -4.17. The van der Waals surface area contributed by atoms with Gasteiger partial charge in [0.1, 0.15) is 18.4 Å². The highest BCUT2D eigenvalue weighted by molar-refractivity contribution is 7.51. The maximum absolute atomic E-state index is 13.7. The molecule has 0 spiro atoms. The second kappa shape index (κ2) is 12.2. The first-order chi connectivity index (χ1) is 17.4. The Kier molecular flexibility index (Phi) is 9.57. The van der Waals surface area contributed by atoms with Crippen molar-refractivity contribution in [1.29, 1.82) is 0 Å². The molecular weight excluding hydrogens is 512 g/mol. The van der Waals surface area contributed by atoms with Crippen LogP contribution in [0.15, 0.2) is 40.1 Å². The van der Waals surface area contributed by atoms with Crippen molar-refractivity contribution in [3.05, 3.63) is 68.2 Å². The molecule has 2 heterocycles. The van der Waals surface area contributed by atoms with Crippen LogP contribution in [0.1, 0.15) is 44.5 Å². The molecule has 12 nitrogen and oxygen atoms in total. The predicted molar refractivity (Wildman–Crippen MR) is 129 cm³/mol. The second-order valence-corrected chi connectivity index (χ2v) is 10.7. The maximum atomic E-state index is 13.7. The van der Waals surface area contributed by atoms with Crippen molar-refractivity contribution in [2.45, 2.75) is 71.3 Å². The van der Waals surface area contributed by atoms with Crippen LogP contribution in [0.3, 0.4) is 0 Å². The van der Waals surface area contributed by atoms with Gasteiger partial charge in [-0.1, -0.05) is 24.3 Å². The quantitative estimate of drug-likeness (QED) is 0.282. The van der Waals surface area contributed by atoms with Gasteiger partial charge in [0.05, 0.1) is 31.6 Å². The number of nitrogens with zero attached hydrogens (tertiary/aromatic N) is 1. The highest BCUT2D eigenvalue weighted by Crippen LogP contribution is 2.46. The van der Waals surface area contributed by atoms with Crippen LogP contribution < -0.4 is 16.3 Å². The average Bonchev–Trinajstić information content (AvgIpc) is 3.19. The summed E-state index contributed by atoms with van der Waals surface area (Å²) in [6.07, 6.45) is -3.21. The molecular formula is C23H31FN3O9P. The minimum absolute atomic E-state index is 0.106. The molecule has 204 valence electrons. The van der Waals surface area contributed by atoms with Gasteiger partial charge in [-0.05, 0) is 38.8 Å². The Balaban J connectivity index is 1.73. The average molecular weight is 543 g/mol. The lowest BCUT2D eigenvalue weighted by Gasteiger charge is -2.25. The summed E-state index contributed by atoms with van der Waals surface area (Å²) in [5, 5.41) is 13.0. The van der Waals surface area contributed by atoms with Gasteiger partial charge >= 0.3 is 19.4 Å². The van der Waals surface area contributed by atoms with Crippen molar-refractivity contribution in [3.8, 4) is 0 Å². The van der Waals surface area contributed by atoms with E-state index < -0.39 is 68.0 Å². The molecule has 5 atom stereocenters. The minimum Gasteiger partial charge on any atom is -0.462 e. The van der Waals surface area contributed by atoms with E-state index in [2.05, 4.69) is 5.09 Å². The highest BCUT2D eigenvalue weighted by Gasteiger charge is 2.39. The Labute approximate surface area is 212 Å². The second-order valence-electron chi connectivity index (χ2n) is 8.91. The fourth-order valence-electron chi connectivity index (χ4n) is 3.54. The van der Waals surface area contributed by atoms with Crippen LogP contribution in [0.4, 0.5) is 4.39 Å². The molecule has 1 aromatic carbocycles. The topological polar surface area (TPSA) is 158 Å². The van der Waals surface area contributed by atoms with Gasteiger partial charge < -0.3 is 14.6 Å². The molecule has 14 heteroatoms. The SMILES string of the molecule is Cc1ccccc1CO[P@@](=O)(N[C@@H](C)C(=O)OC(C)C)OC[C@H]1O[C@@H](n2cc(F)c(=O)[nH]c2=O)C[C@@H]1O. The number of ether oxygens (including phenoxy) is 2. The lowest BCUT2D eigenvalue weighted by molar-refractivity contribution is -0.149. The number of aliphatic hydroxyl groups is 1. The van der Waals surface area contributed by atoms with Crippen molar-refractivity contribution in [2.24, 2.45) is 0 Å². The Morgan fingerprint density at radius 2 is 2.00 bits per heavy atom. The normalized spacial score (nSPS) is 22.1. The number of carbonyl (C=O) groups excluding carboxylic acids is 1. The number of rotatable bonds is 11. The van der Waals surface area contributed by atoms with Gasteiger partial charge in [-0.2, -0.15) is 4.39 Å². The summed E-state index contributed by atoms with van der Waals surface area (Å²) in [6.45, 7) is 6.07. The van der Waals surface area contributed by atoms with Crippen molar-refractivity contribution < 1.29 is 37.4 Å². The van der Waals surface area contributed by atoms with E-state index in [-0.39, 0.29) is 13.0 Å². The lowest BCUT2D eigenvalue weighted by atomic mass is 10.1. The number of esters is 1. The van der Waals surface area contributed by atoms with Crippen LogP contribution in [-0.2, 0) is 34.5 Å². The van der Waals surface area contributed by atoms with E-state index in [1.165, 1.54) is 6.92 Å². The summed E-state index contributed by atoms with van der Waals surface area (Å²) in [6, 6.07) is 6.20. The van der Waals surface area contributed by atoms with Gasteiger partial charge in [-0.15, -0.1) is 0 Å². The zero-order valence-corrected chi connectivity index (χ0v) is 21.8. The molecule has 1 saturated heterocycles. The zero-order chi connectivity index (χ0) is 27.3. The third-order valence-corrected chi connectivity index (χ3v) is 7.22. The summed E-state index contributed by atoms with van der Waals surface area (Å²) in [5.74, 6) is -1.87. The van der Waals surface area contributed by atoms with Gasteiger partial charge in [-0.25, -0.2) is 14.4 Å². The number of carbonyl (C=O) groups is 1. The van der Waals surface area contributed by atoms with Crippen LogP contribution in [0.2, 0.25) is 0 Å². The van der Waals surface area contributed by atoms with E-state index in [1.54, 1.807) is 26.0 Å². The smallest absolute Gasteiger partial charge is 0.406 e. The van der Waals surface area contributed by atoms with Crippen molar-refractivity contribution >= 4 is 13.7 Å². The Morgan fingerprint density at radius 3 is 2.68 bits per heavy atom. The Bertz CT molecular complexity index is 1260. The third-order valence-electron chi connectivity index (χ3n) is 5.56. The van der Waals surface area contributed by atoms with Crippen LogP contribution in [-0.4, -0.2) is 51.6 Å². The molecule has 3 N–H and O–H groups in total. The van der Waals surface area contributed by atoms with E-state index in [0.717, 1.165) is 15.7 Å². The zero-order valence-electron chi connectivity index (χ0n) is 20.9. The van der Waals surface area contributed by atoms with E-state index in [4.69, 9.17) is 18.5 Å². The molecule has 1 aliphatic heterocycles. The maximum Gasteiger partial charge on any atom is 0.406 e. The Hall–Kier alpha value is -2.67. The fourth-order valence-corrected chi connectivity index (χ4v) is 5.00. The largest absolute Gasteiger partial charge is 0.462 e. The molecule has 1 aliphatic rings. The van der Waals surface area contributed by atoms with E-state index >= 15 is 0 Å². The predicted octanol–water partition coefficient (Wildman–Crippen LogP) is 1.90. The summed E-state index contributed by atoms with van der Waals surface area (Å²) in [4.78, 5) is 37.4. The number of nitrogens with one attached hydrogen (secondary N) is 2. The third kappa shape index (κ3) is 7.67. The number of aromatic nitrogens is 2. The minimum atomic E-state index is -4.17. The van der Waals surface area contributed by atoms with E-state index in [9.17, 15) is 28.4 Å². The number of H-pyrrole nitrogens is 1. The van der Waals surface area contributed by atoms with Gasteiger partial charge in [0.25, 0.3) is 5.56 Å². The molecule has 0 saturated carbocycles. The van der Waals surface area contributed by atoms with Crippen LogP contribution in [0.25, 0.3) is 0 Å². The first-order valence-electron chi connectivity index (χ1n) is 11.6. The number of halogens is 1. The molecule has 37 heavy (non-hydrogen) atoms. The number of hydrogen-bond donors (Lipinski definition) is 3. The molecule has 0 radical (unpaired) electrons. The first kappa shape index (κ1) is 28.9. The lowest BCUT2D eigenvalue weighted by Crippen LogP contribution is -2.36. The number of benzene rings is 1. The van der Waals surface area contributed by atoms with Gasteiger partial charge in [-0.3, -0.25) is 28.2 Å². The van der Waals surface area contributed by atoms with Crippen LogP contribution in [0.5, 0.6) is 0 Å².